The molecule has 0 saturated carbocycles. The van der Waals surface area contributed by atoms with Crippen LogP contribution in [0.3, 0.4) is 0 Å². The van der Waals surface area contributed by atoms with Crippen molar-refractivity contribution < 1.29 is 0 Å². The Morgan fingerprint density at radius 1 is 1.21 bits per heavy atom. The Morgan fingerprint density at radius 2 is 2.07 bits per heavy atom. The highest BCUT2D eigenvalue weighted by atomic mass is 16.1. The molecule has 5 heteroatoms. The molecule has 0 radical (unpaired) electrons. The molecule has 5 nitrogen and oxygen atoms in total. The number of benzene rings is 1. The number of H-pyrrole nitrogens is 1. The fraction of sp³-hybridized carbons (Fsp3) is 0. The molecule has 0 aliphatic heterocycles. The Kier molecular flexibility index (Phi) is 1.25. The summed E-state index contributed by atoms with van der Waals surface area (Å²) in [7, 11) is 0. The minimum absolute atomic E-state index is 0.172. The number of para-hydroxylation sites is 2. The maximum absolute atomic E-state index is 11.5. The van der Waals surface area contributed by atoms with Crippen LogP contribution in [0.2, 0.25) is 0 Å². The normalized spacial score (nSPS) is 11.1. The van der Waals surface area contributed by atoms with Crippen molar-refractivity contribution >= 4 is 16.6 Å². The predicted molar refractivity (Wildman–Crippen MR) is 51.1 cm³/mol. The second kappa shape index (κ2) is 2.41. The van der Waals surface area contributed by atoms with E-state index in [-0.39, 0.29) is 5.56 Å². The molecule has 0 bridgehead atoms. The molecular formula is C9H6N4O. The number of fused-ring (bicyclic) bond motifs is 3. The highest BCUT2D eigenvalue weighted by molar-refractivity contribution is 5.76. The smallest absolute Gasteiger partial charge is 0.276 e. The summed E-state index contributed by atoms with van der Waals surface area (Å²) < 4.78 is 1.54. The van der Waals surface area contributed by atoms with Crippen molar-refractivity contribution in [2.75, 3.05) is 0 Å². The fourth-order valence-corrected chi connectivity index (χ4v) is 1.52. The summed E-state index contributed by atoms with van der Waals surface area (Å²) in [6.07, 6.45) is 1.45. The molecule has 0 aliphatic carbocycles. The van der Waals surface area contributed by atoms with Crippen LogP contribution in [0.4, 0.5) is 0 Å². The van der Waals surface area contributed by atoms with Gasteiger partial charge in [-0.05, 0) is 12.1 Å². The van der Waals surface area contributed by atoms with Gasteiger partial charge in [0.25, 0.3) is 5.56 Å². The highest BCUT2D eigenvalue weighted by Crippen LogP contribution is 2.08. The molecular weight excluding hydrogens is 180 g/mol. The number of hydrogen-bond acceptors (Lipinski definition) is 3. The molecule has 0 atom stereocenters. The van der Waals surface area contributed by atoms with Gasteiger partial charge in [0.1, 0.15) is 0 Å². The third-order valence-corrected chi connectivity index (χ3v) is 2.16. The zero-order chi connectivity index (χ0) is 9.54. The van der Waals surface area contributed by atoms with Crippen LogP contribution in [0.25, 0.3) is 16.6 Å². The van der Waals surface area contributed by atoms with Crippen LogP contribution in [0.15, 0.2) is 35.3 Å². The molecule has 2 aromatic heterocycles. The lowest BCUT2D eigenvalue weighted by molar-refractivity contribution is 0.876. The van der Waals surface area contributed by atoms with Crippen molar-refractivity contribution in [3.8, 4) is 0 Å². The highest BCUT2D eigenvalue weighted by Gasteiger charge is 2.04. The molecule has 2 heterocycles. The van der Waals surface area contributed by atoms with E-state index in [1.165, 1.54) is 10.7 Å². The summed E-state index contributed by atoms with van der Waals surface area (Å²) in [5.74, 6) is 0. The average molecular weight is 186 g/mol. The molecule has 1 aromatic carbocycles. The quantitative estimate of drug-likeness (QED) is 0.558. The van der Waals surface area contributed by atoms with Crippen LogP contribution in [-0.4, -0.2) is 19.8 Å². The van der Waals surface area contributed by atoms with E-state index >= 15 is 0 Å². The Balaban J connectivity index is 2.73. The summed E-state index contributed by atoms with van der Waals surface area (Å²) in [5.41, 5.74) is 1.90. The van der Waals surface area contributed by atoms with Gasteiger partial charge in [-0.25, -0.2) is 4.52 Å². The average Bonchev–Trinajstić information content (AvgIpc) is 2.67. The maximum atomic E-state index is 11.5. The van der Waals surface area contributed by atoms with Crippen molar-refractivity contribution in [3.05, 3.63) is 40.8 Å². The summed E-state index contributed by atoms with van der Waals surface area (Å²) >= 11 is 0. The zero-order valence-corrected chi connectivity index (χ0v) is 7.14. The van der Waals surface area contributed by atoms with Crippen molar-refractivity contribution in [3.63, 3.8) is 0 Å². The Labute approximate surface area is 78.0 Å². The monoisotopic (exact) mass is 186 g/mol. The number of hydrogen-bond donors (Lipinski definition) is 1. The molecule has 0 unspecified atom stereocenters. The summed E-state index contributed by atoms with van der Waals surface area (Å²) in [4.78, 5) is 14.3. The van der Waals surface area contributed by atoms with Crippen molar-refractivity contribution in [2.45, 2.75) is 0 Å². The van der Waals surface area contributed by atoms with Crippen LogP contribution >= 0.6 is 0 Å². The van der Waals surface area contributed by atoms with Gasteiger partial charge in [-0.2, -0.15) is 0 Å². The number of nitrogens with zero attached hydrogens (tertiary/aromatic N) is 3. The number of rotatable bonds is 0. The lowest BCUT2D eigenvalue weighted by atomic mass is 10.3. The molecule has 0 amide bonds. The van der Waals surface area contributed by atoms with E-state index in [4.69, 9.17) is 0 Å². The second-order valence-corrected chi connectivity index (χ2v) is 3.00. The van der Waals surface area contributed by atoms with E-state index in [2.05, 4.69) is 15.3 Å². The van der Waals surface area contributed by atoms with Crippen molar-refractivity contribution in [2.24, 2.45) is 0 Å². The second-order valence-electron chi connectivity index (χ2n) is 3.00. The first-order valence-corrected chi connectivity index (χ1v) is 4.18. The fourth-order valence-electron chi connectivity index (χ4n) is 1.52. The van der Waals surface area contributed by atoms with Gasteiger partial charge in [0.05, 0.1) is 17.2 Å². The lowest BCUT2D eigenvalue weighted by Gasteiger charge is -1.98. The third-order valence-electron chi connectivity index (χ3n) is 2.16. The first-order chi connectivity index (χ1) is 6.86. The van der Waals surface area contributed by atoms with Crippen molar-refractivity contribution in [1.82, 2.24) is 19.8 Å². The van der Waals surface area contributed by atoms with Gasteiger partial charge in [0, 0.05) is 0 Å². The van der Waals surface area contributed by atoms with E-state index in [9.17, 15) is 4.79 Å². The van der Waals surface area contributed by atoms with Gasteiger partial charge in [-0.1, -0.05) is 17.3 Å². The molecule has 0 fully saturated rings. The Morgan fingerprint density at radius 3 is 3.00 bits per heavy atom. The van der Waals surface area contributed by atoms with Gasteiger partial charge in [-0.15, -0.1) is 5.10 Å². The number of nitrogens with one attached hydrogen (secondary N) is 1. The molecule has 3 aromatic rings. The minimum atomic E-state index is -0.172. The molecule has 0 spiro atoms. The molecule has 68 valence electrons. The van der Waals surface area contributed by atoms with Crippen molar-refractivity contribution in [1.29, 1.82) is 0 Å². The molecule has 1 N–H and O–H groups in total. The predicted octanol–water partition coefficient (Wildman–Crippen LogP) is 0.571. The lowest BCUT2D eigenvalue weighted by Crippen LogP contribution is -2.10. The van der Waals surface area contributed by atoms with E-state index in [1.807, 2.05) is 24.3 Å². The van der Waals surface area contributed by atoms with Crippen LogP contribution in [-0.2, 0) is 0 Å². The zero-order valence-electron chi connectivity index (χ0n) is 7.14. The SMILES string of the molecule is O=c1[nH]c2ccccc2n2nncc12. The first-order valence-electron chi connectivity index (χ1n) is 4.18. The van der Waals surface area contributed by atoms with E-state index in [0.717, 1.165) is 11.0 Å². The maximum Gasteiger partial charge on any atom is 0.276 e. The topological polar surface area (TPSA) is 63.0 Å². The number of aromatic amines is 1. The standard InChI is InChI=1S/C9H6N4O/c14-9-8-5-10-12-13(8)7-4-2-1-3-6(7)11-9/h1-5H,(H,11,14). The van der Waals surface area contributed by atoms with Gasteiger partial charge >= 0.3 is 0 Å². The largest absolute Gasteiger partial charge is 0.319 e. The van der Waals surface area contributed by atoms with Crippen LogP contribution in [0.1, 0.15) is 0 Å². The molecule has 3 rings (SSSR count). The Hall–Kier alpha value is -2.17. The molecule has 14 heavy (non-hydrogen) atoms. The summed E-state index contributed by atoms with van der Waals surface area (Å²) in [6, 6.07) is 7.47. The van der Waals surface area contributed by atoms with Gasteiger partial charge in [0.2, 0.25) is 0 Å². The van der Waals surface area contributed by atoms with Gasteiger partial charge < -0.3 is 4.98 Å². The van der Waals surface area contributed by atoms with E-state index in [1.54, 1.807) is 0 Å². The first kappa shape index (κ1) is 7.25. The third kappa shape index (κ3) is 0.806. The summed E-state index contributed by atoms with van der Waals surface area (Å²) in [5, 5.41) is 7.56. The number of aromatic nitrogens is 4. The van der Waals surface area contributed by atoms with E-state index < -0.39 is 0 Å². The van der Waals surface area contributed by atoms with Crippen LogP contribution < -0.4 is 5.56 Å². The molecule has 0 aliphatic rings. The molecule has 0 saturated heterocycles. The van der Waals surface area contributed by atoms with Crippen LogP contribution in [0.5, 0.6) is 0 Å². The summed E-state index contributed by atoms with van der Waals surface area (Å²) in [6.45, 7) is 0. The van der Waals surface area contributed by atoms with Gasteiger partial charge in [-0.3, -0.25) is 4.79 Å². The van der Waals surface area contributed by atoms with Crippen LogP contribution in [0, 0.1) is 0 Å². The minimum Gasteiger partial charge on any atom is -0.319 e. The van der Waals surface area contributed by atoms with E-state index in [0.29, 0.717) is 5.52 Å². The Bertz CT molecular complexity index is 667. The van der Waals surface area contributed by atoms with Gasteiger partial charge in [0.15, 0.2) is 5.52 Å².